The topological polar surface area (TPSA) is 46.2 Å². The van der Waals surface area contributed by atoms with Gasteiger partial charge in [0.15, 0.2) is 0 Å². The van der Waals surface area contributed by atoms with Gasteiger partial charge < -0.3 is 10.8 Å². The van der Waals surface area contributed by atoms with Crippen molar-refractivity contribution < 1.29 is 5.11 Å². The second-order valence-corrected chi connectivity index (χ2v) is 6.31. The molecular weight excluding hydrogens is 326 g/mol. The number of aliphatic hydroxyl groups excluding tert-OH is 1. The monoisotopic (exact) mass is 347 g/mol. The van der Waals surface area contributed by atoms with Crippen LogP contribution in [0, 0.1) is 6.92 Å². The molecule has 21 heavy (non-hydrogen) atoms. The largest absolute Gasteiger partial charge is 0.392 e. The lowest BCUT2D eigenvalue weighted by molar-refractivity contribution is 0.136. The van der Waals surface area contributed by atoms with E-state index in [0.717, 1.165) is 16.5 Å². The summed E-state index contributed by atoms with van der Waals surface area (Å²) in [6.45, 7) is 2.52. The number of hydrogen-bond donors (Lipinski definition) is 2. The van der Waals surface area contributed by atoms with Crippen molar-refractivity contribution in [3.8, 4) is 0 Å². The van der Waals surface area contributed by atoms with Crippen molar-refractivity contribution in [3.63, 3.8) is 0 Å². The average Bonchev–Trinajstić information content (AvgIpc) is 2.49. The summed E-state index contributed by atoms with van der Waals surface area (Å²) in [4.78, 5) is 0. The first kappa shape index (κ1) is 16.2. The minimum absolute atomic E-state index is 0.0361. The Morgan fingerprint density at radius 3 is 2.38 bits per heavy atom. The summed E-state index contributed by atoms with van der Waals surface area (Å²) in [5, 5.41) is 10.5. The minimum Gasteiger partial charge on any atom is -0.392 e. The van der Waals surface area contributed by atoms with Crippen molar-refractivity contribution in [1.82, 2.24) is 0 Å². The number of halogens is 1. The fourth-order valence-electron chi connectivity index (χ4n) is 2.54. The number of rotatable bonds is 6. The molecule has 0 aliphatic carbocycles. The molecule has 0 saturated heterocycles. The van der Waals surface area contributed by atoms with Crippen LogP contribution in [0.1, 0.15) is 29.0 Å². The van der Waals surface area contributed by atoms with Crippen molar-refractivity contribution >= 4 is 15.9 Å². The maximum absolute atomic E-state index is 10.5. The summed E-state index contributed by atoms with van der Waals surface area (Å²) < 4.78 is 1.01. The van der Waals surface area contributed by atoms with Crippen LogP contribution in [0.15, 0.2) is 53.0 Å². The summed E-state index contributed by atoms with van der Waals surface area (Å²) in [5.74, 6) is -0.0361. The zero-order valence-electron chi connectivity index (χ0n) is 12.3. The van der Waals surface area contributed by atoms with E-state index in [0.29, 0.717) is 13.0 Å². The zero-order chi connectivity index (χ0) is 15.2. The Morgan fingerprint density at radius 1 is 1.10 bits per heavy atom. The molecule has 2 rings (SSSR count). The van der Waals surface area contributed by atoms with Crippen LogP contribution < -0.4 is 5.73 Å². The van der Waals surface area contributed by atoms with Crippen LogP contribution in [0.3, 0.4) is 0 Å². The number of nitrogens with two attached hydrogens (primary N) is 1. The van der Waals surface area contributed by atoms with E-state index in [1.54, 1.807) is 0 Å². The fraction of sp³-hybridized carbons (Fsp3) is 0.333. The predicted octanol–water partition coefficient (Wildman–Crippen LogP) is 3.79. The van der Waals surface area contributed by atoms with Crippen molar-refractivity contribution in [3.05, 3.63) is 69.7 Å². The third-order valence-corrected chi connectivity index (χ3v) is 4.59. The molecule has 0 saturated carbocycles. The van der Waals surface area contributed by atoms with Gasteiger partial charge in [0, 0.05) is 16.9 Å². The van der Waals surface area contributed by atoms with Crippen molar-refractivity contribution in [2.24, 2.45) is 5.73 Å². The third-order valence-electron chi connectivity index (χ3n) is 3.87. The van der Waals surface area contributed by atoms with E-state index in [2.05, 4.69) is 47.1 Å². The van der Waals surface area contributed by atoms with E-state index in [-0.39, 0.29) is 5.92 Å². The molecule has 3 heteroatoms. The summed E-state index contributed by atoms with van der Waals surface area (Å²) >= 11 is 3.54. The van der Waals surface area contributed by atoms with E-state index >= 15 is 0 Å². The highest BCUT2D eigenvalue weighted by molar-refractivity contribution is 9.10. The molecular formula is C18H22BrNO. The number of aliphatic hydroxyl groups is 1. The molecule has 2 unspecified atom stereocenters. The summed E-state index contributed by atoms with van der Waals surface area (Å²) in [5.41, 5.74) is 9.47. The fourth-order valence-corrected chi connectivity index (χ4v) is 3.12. The molecule has 3 N–H and O–H groups in total. The normalized spacial score (nSPS) is 13.9. The average molecular weight is 348 g/mol. The first-order valence-electron chi connectivity index (χ1n) is 7.30. The Morgan fingerprint density at radius 2 is 1.76 bits per heavy atom. The van der Waals surface area contributed by atoms with E-state index in [9.17, 15) is 5.11 Å². The Hall–Kier alpha value is -1.16. The van der Waals surface area contributed by atoms with Crippen LogP contribution in [0.5, 0.6) is 0 Å². The molecule has 0 bridgehead atoms. The Balaban J connectivity index is 2.02. The van der Waals surface area contributed by atoms with Crippen molar-refractivity contribution in [2.75, 3.05) is 6.54 Å². The van der Waals surface area contributed by atoms with Gasteiger partial charge in [-0.25, -0.2) is 0 Å². The molecule has 0 fully saturated rings. The molecule has 2 atom stereocenters. The van der Waals surface area contributed by atoms with Gasteiger partial charge in [-0.3, -0.25) is 0 Å². The van der Waals surface area contributed by atoms with Gasteiger partial charge in [0.05, 0.1) is 6.10 Å². The maximum Gasteiger partial charge on any atom is 0.0624 e. The first-order valence-corrected chi connectivity index (χ1v) is 8.09. The molecule has 0 spiro atoms. The highest BCUT2D eigenvalue weighted by Crippen LogP contribution is 2.28. The Labute approximate surface area is 135 Å². The molecule has 2 aromatic rings. The van der Waals surface area contributed by atoms with Gasteiger partial charge in [0.1, 0.15) is 0 Å². The molecule has 2 nitrogen and oxygen atoms in total. The molecule has 2 aromatic carbocycles. The van der Waals surface area contributed by atoms with Crippen molar-refractivity contribution in [1.29, 1.82) is 0 Å². The van der Waals surface area contributed by atoms with Gasteiger partial charge in [0.25, 0.3) is 0 Å². The molecule has 112 valence electrons. The predicted molar refractivity (Wildman–Crippen MR) is 91.4 cm³/mol. The lowest BCUT2D eigenvalue weighted by Gasteiger charge is -2.23. The number of benzene rings is 2. The zero-order valence-corrected chi connectivity index (χ0v) is 13.9. The molecule has 0 aliphatic heterocycles. The van der Waals surface area contributed by atoms with Crippen LogP contribution >= 0.6 is 15.9 Å². The summed E-state index contributed by atoms with van der Waals surface area (Å²) in [6, 6.07) is 16.4. The van der Waals surface area contributed by atoms with Crippen LogP contribution in [-0.2, 0) is 6.42 Å². The quantitative estimate of drug-likeness (QED) is 0.834. The lowest BCUT2D eigenvalue weighted by Crippen LogP contribution is -2.26. The first-order chi connectivity index (χ1) is 10.1. The van der Waals surface area contributed by atoms with E-state index in [1.807, 2.05) is 24.3 Å². The molecule has 0 amide bonds. The van der Waals surface area contributed by atoms with Gasteiger partial charge >= 0.3 is 0 Å². The smallest absolute Gasteiger partial charge is 0.0624 e. The second-order valence-electron chi connectivity index (χ2n) is 5.46. The van der Waals surface area contributed by atoms with E-state index in [4.69, 9.17) is 5.73 Å². The van der Waals surface area contributed by atoms with E-state index < -0.39 is 6.10 Å². The van der Waals surface area contributed by atoms with Crippen LogP contribution in [0.25, 0.3) is 0 Å². The van der Waals surface area contributed by atoms with Gasteiger partial charge in [-0.1, -0.05) is 64.0 Å². The highest BCUT2D eigenvalue weighted by Gasteiger charge is 2.21. The summed E-state index contributed by atoms with van der Waals surface area (Å²) in [6.07, 6.45) is 1.14. The maximum atomic E-state index is 10.5. The van der Waals surface area contributed by atoms with Crippen LogP contribution in [-0.4, -0.2) is 17.8 Å². The second kappa shape index (κ2) is 7.74. The van der Waals surface area contributed by atoms with Gasteiger partial charge in [-0.15, -0.1) is 0 Å². The van der Waals surface area contributed by atoms with Gasteiger partial charge in [-0.05, 0) is 37.0 Å². The van der Waals surface area contributed by atoms with Crippen LogP contribution in [0.4, 0.5) is 0 Å². The molecule has 0 radical (unpaired) electrons. The molecule has 0 aliphatic rings. The number of hydrogen-bond acceptors (Lipinski definition) is 2. The van der Waals surface area contributed by atoms with Gasteiger partial charge in [0.2, 0.25) is 0 Å². The highest BCUT2D eigenvalue weighted by atomic mass is 79.9. The van der Waals surface area contributed by atoms with Crippen LogP contribution in [0.2, 0.25) is 0 Å². The standard InChI is InChI=1S/C18H22BrNO/c1-13-6-8-14(9-7-13)10-11-18(21)16(12-20)15-4-2-3-5-17(15)19/h2-9,16,18,21H,10-12,20H2,1H3. The molecule has 0 aromatic heterocycles. The Bertz CT molecular complexity index is 568. The summed E-state index contributed by atoms with van der Waals surface area (Å²) in [7, 11) is 0. The Kier molecular flexibility index (Phi) is 5.97. The van der Waals surface area contributed by atoms with Crippen molar-refractivity contribution in [2.45, 2.75) is 31.8 Å². The minimum atomic E-state index is -0.435. The van der Waals surface area contributed by atoms with E-state index in [1.165, 1.54) is 11.1 Å². The van der Waals surface area contributed by atoms with Gasteiger partial charge in [-0.2, -0.15) is 0 Å². The lowest BCUT2D eigenvalue weighted by atomic mass is 9.90. The molecule has 0 heterocycles. The number of aryl methyl sites for hydroxylation is 2. The SMILES string of the molecule is Cc1ccc(CCC(O)C(CN)c2ccccc2Br)cc1. The third kappa shape index (κ3) is 4.40.